The second-order valence-electron chi connectivity index (χ2n) is 4.56. The van der Waals surface area contributed by atoms with E-state index in [0.717, 1.165) is 18.3 Å². The Morgan fingerprint density at radius 3 is 2.29 bits per heavy atom. The van der Waals surface area contributed by atoms with Crippen molar-refractivity contribution in [3.05, 3.63) is 35.9 Å². The average Bonchev–Trinajstić information content (AvgIpc) is 2.35. The molecule has 2 heteroatoms. The maximum atomic E-state index is 11.8. The summed E-state index contributed by atoms with van der Waals surface area (Å²) in [4.78, 5) is 22.7. The molecule has 0 aromatic heterocycles. The van der Waals surface area contributed by atoms with Crippen molar-refractivity contribution < 1.29 is 9.59 Å². The maximum absolute atomic E-state index is 11.8. The predicted molar refractivity (Wildman–Crippen MR) is 68.9 cm³/mol. The standard InChI is InChI=1S/C15H20O2/c1-4-14(13-8-6-5-7-9-13)15(12(3)17)11(2)10-16/h5-11,14-15H,4H2,1-3H3. The smallest absolute Gasteiger partial charge is 0.134 e. The van der Waals surface area contributed by atoms with E-state index in [-0.39, 0.29) is 23.5 Å². The number of carbonyl (C=O) groups excluding carboxylic acids is 2. The van der Waals surface area contributed by atoms with Crippen LogP contribution in [0.25, 0.3) is 0 Å². The van der Waals surface area contributed by atoms with E-state index in [1.54, 1.807) is 6.92 Å². The van der Waals surface area contributed by atoms with Crippen LogP contribution < -0.4 is 0 Å². The molecule has 0 saturated carbocycles. The first-order valence-electron chi connectivity index (χ1n) is 6.12. The summed E-state index contributed by atoms with van der Waals surface area (Å²) in [7, 11) is 0. The summed E-state index contributed by atoms with van der Waals surface area (Å²) in [5.74, 6) is -0.202. The molecule has 0 N–H and O–H groups in total. The average molecular weight is 232 g/mol. The first-order chi connectivity index (χ1) is 8.11. The minimum absolute atomic E-state index is 0.0975. The highest BCUT2D eigenvalue weighted by atomic mass is 16.1. The molecule has 0 bridgehead atoms. The van der Waals surface area contributed by atoms with Crippen molar-refractivity contribution in [2.24, 2.45) is 11.8 Å². The molecule has 2 nitrogen and oxygen atoms in total. The van der Waals surface area contributed by atoms with E-state index in [1.807, 2.05) is 37.3 Å². The Morgan fingerprint density at radius 2 is 1.88 bits per heavy atom. The SMILES string of the molecule is CCC(c1ccccc1)C(C(C)=O)C(C)C=O. The third kappa shape index (κ3) is 3.26. The van der Waals surface area contributed by atoms with E-state index in [9.17, 15) is 9.59 Å². The summed E-state index contributed by atoms with van der Waals surface area (Å²) in [5, 5.41) is 0. The topological polar surface area (TPSA) is 34.1 Å². The molecular formula is C15H20O2. The zero-order valence-corrected chi connectivity index (χ0v) is 10.7. The van der Waals surface area contributed by atoms with Gasteiger partial charge in [0, 0.05) is 11.8 Å². The summed E-state index contributed by atoms with van der Waals surface area (Å²) in [6.45, 7) is 5.46. The zero-order chi connectivity index (χ0) is 12.8. The summed E-state index contributed by atoms with van der Waals surface area (Å²) < 4.78 is 0. The van der Waals surface area contributed by atoms with Crippen LogP contribution in [0.4, 0.5) is 0 Å². The van der Waals surface area contributed by atoms with Crippen LogP contribution >= 0.6 is 0 Å². The number of rotatable bonds is 6. The number of aldehydes is 1. The molecule has 0 aliphatic rings. The summed E-state index contributed by atoms with van der Waals surface area (Å²) in [5.41, 5.74) is 1.14. The molecule has 3 unspecified atom stereocenters. The van der Waals surface area contributed by atoms with Crippen molar-refractivity contribution in [1.29, 1.82) is 0 Å². The Morgan fingerprint density at radius 1 is 1.29 bits per heavy atom. The Balaban J connectivity index is 3.06. The Labute approximate surface area is 103 Å². The first-order valence-corrected chi connectivity index (χ1v) is 6.12. The quantitative estimate of drug-likeness (QED) is 0.706. The number of Topliss-reactive ketones (excluding diaryl/α,β-unsaturated/α-hetero) is 1. The van der Waals surface area contributed by atoms with E-state index in [2.05, 4.69) is 6.92 Å². The second-order valence-corrected chi connectivity index (χ2v) is 4.56. The molecule has 0 aliphatic carbocycles. The Bertz CT molecular complexity index is 370. The fraction of sp³-hybridized carbons (Fsp3) is 0.467. The van der Waals surface area contributed by atoms with Crippen molar-refractivity contribution in [2.75, 3.05) is 0 Å². The maximum Gasteiger partial charge on any atom is 0.134 e. The molecule has 0 spiro atoms. The lowest BCUT2D eigenvalue weighted by Crippen LogP contribution is -2.27. The summed E-state index contributed by atoms with van der Waals surface area (Å²) >= 11 is 0. The van der Waals surface area contributed by atoms with Crippen molar-refractivity contribution in [2.45, 2.75) is 33.1 Å². The number of benzene rings is 1. The molecule has 0 fully saturated rings. The monoisotopic (exact) mass is 232 g/mol. The molecule has 0 amide bonds. The van der Waals surface area contributed by atoms with Crippen molar-refractivity contribution in [3.63, 3.8) is 0 Å². The van der Waals surface area contributed by atoms with Gasteiger partial charge in [-0.1, -0.05) is 44.2 Å². The molecule has 1 rings (SSSR count). The lowest BCUT2D eigenvalue weighted by molar-refractivity contribution is -0.126. The lowest BCUT2D eigenvalue weighted by Gasteiger charge is -2.27. The summed E-state index contributed by atoms with van der Waals surface area (Å²) in [6.07, 6.45) is 1.75. The second kappa shape index (κ2) is 6.33. The number of carbonyl (C=O) groups is 2. The highest BCUT2D eigenvalue weighted by molar-refractivity contribution is 5.82. The van der Waals surface area contributed by atoms with Gasteiger partial charge in [-0.2, -0.15) is 0 Å². The molecular weight excluding hydrogens is 212 g/mol. The van der Waals surface area contributed by atoms with E-state index >= 15 is 0 Å². The highest BCUT2D eigenvalue weighted by Gasteiger charge is 2.30. The molecule has 3 atom stereocenters. The van der Waals surface area contributed by atoms with E-state index in [1.165, 1.54) is 0 Å². The fourth-order valence-corrected chi connectivity index (χ4v) is 2.50. The van der Waals surface area contributed by atoms with Crippen LogP contribution in [0.3, 0.4) is 0 Å². The van der Waals surface area contributed by atoms with Crippen LogP contribution in [0.15, 0.2) is 30.3 Å². The molecule has 92 valence electrons. The van der Waals surface area contributed by atoms with Gasteiger partial charge in [0.25, 0.3) is 0 Å². The van der Waals surface area contributed by atoms with Crippen LogP contribution in [0.2, 0.25) is 0 Å². The van der Waals surface area contributed by atoms with Gasteiger partial charge in [-0.25, -0.2) is 0 Å². The first kappa shape index (κ1) is 13.6. The van der Waals surface area contributed by atoms with Crippen LogP contribution in [0.5, 0.6) is 0 Å². The molecule has 1 aromatic rings. The fourth-order valence-electron chi connectivity index (χ4n) is 2.50. The third-order valence-electron chi connectivity index (χ3n) is 3.35. The van der Waals surface area contributed by atoms with E-state index in [0.29, 0.717) is 0 Å². The number of hydrogen-bond donors (Lipinski definition) is 0. The van der Waals surface area contributed by atoms with Crippen LogP contribution in [-0.2, 0) is 9.59 Å². The molecule has 0 radical (unpaired) electrons. The van der Waals surface area contributed by atoms with E-state index in [4.69, 9.17) is 0 Å². The van der Waals surface area contributed by atoms with Gasteiger partial charge in [0.2, 0.25) is 0 Å². The molecule has 0 heterocycles. The van der Waals surface area contributed by atoms with Gasteiger partial charge in [0.1, 0.15) is 12.1 Å². The molecule has 17 heavy (non-hydrogen) atoms. The molecule has 1 aromatic carbocycles. The van der Waals surface area contributed by atoms with Gasteiger partial charge in [0.05, 0.1) is 0 Å². The van der Waals surface area contributed by atoms with Gasteiger partial charge in [0.15, 0.2) is 0 Å². The molecule has 0 aliphatic heterocycles. The van der Waals surface area contributed by atoms with Gasteiger partial charge >= 0.3 is 0 Å². The highest BCUT2D eigenvalue weighted by Crippen LogP contribution is 2.33. The minimum atomic E-state index is -0.224. The van der Waals surface area contributed by atoms with Crippen LogP contribution in [-0.4, -0.2) is 12.1 Å². The van der Waals surface area contributed by atoms with Gasteiger partial charge in [-0.3, -0.25) is 4.79 Å². The largest absolute Gasteiger partial charge is 0.303 e. The summed E-state index contributed by atoms with van der Waals surface area (Å²) in [6, 6.07) is 9.97. The number of ketones is 1. The third-order valence-corrected chi connectivity index (χ3v) is 3.35. The van der Waals surface area contributed by atoms with Gasteiger partial charge < -0.3 is 4.79 Å². The number of hydrogen-bond acceptors (Lipinski definition) is 2. The Hall–Kier alpha value is -1.44. The van der Waals surface area contributed by atoms with Crippen molar-refractivity contribution >= 4 is 12.1 Å². The molecule has 0 saturated heterocycles. The van der Waals surface area contributed by atoms with Gasteiger partial charge in [-0.05, 0) is 24.8 Å². The normalized spacial score (nSPS) is 15.9. The predicted octanol–water partition coefficient (Wildman–Crippen LogP) is 3.22. The van der Waals surface area contributed by atoms with Crippen molar-refractivity contribution in [3.8, 4) is 0 Å². The lowest BCUT2D eigenvalue weighted by atomic mass is 9.75. The Kier molecular flexibility index (Phi) is 5.08. The van der Waals surface area contributed by atoms with E-state index < -0.39 is 0 Å². The van der Waals surface area contributed by atoms with Crippen LogP contribution in [0.1, 0.15) is 38.7 Å². The van der Waals surface area contributed by atoms with Crippen LogP contribution in [0, 0.1) is 11.8 Å². The minimum Gasteiger partial charge on any atom is -0.303 e. The van der Waals surface area contributed by atoms with Crippen molar-refractivity contribution in [1.82, 2.24) is 0 Å². The zero-order valence-electron chi connectivity index (χ0n) is 10.7. The van der Waals surface area contributed by atoms with Gasteiger partial charge in [-0.15, -0.1) is 0 Å².